The molecule has 0 spiro atoms. The molecule has 92 valence electrons. The molecule has 0 bridgehead atoms. The van der Waals surface area contributed by atoms with Crippen molar-refractivity contribution < 1.29 is 5.11 Å². The minimum absolute atomic E-state index is 0.129. The van der Waals surface area contributed by atoms with Gasteiger partial charge in [-0.15, -0.1) is 5.11 Å². The maximum absolute atomic E-state index is 9.70. The van der Waals surface area contributed by atoms with Crippen LogP contribution in [0.3, 0.4) is 0 Å². The number of azo groups is 1. The molecule has 0 heterocycles. The molecule has 18 heavy (non-hydrogen) atoms. The molecule has 0 aliphatic rings. The highest BCUT2D eigenvalue weighted by Gasteiger charge is 2.07. The van der Waals surface area contributed by atoms with Crippen LogP contribution in [-0.2, 0) is 0 Å². The second kappa shape index (κ2) is 5.86. The van der Waals surface area contributed by atoms with E-state index in [-0.39, 0.29) is 16.5 Å². The van der Waals surface area contributed by atoms with Crippen molar-refractivity contribution in [3.63, 3.8) is 0 Å². The highest BCUT2D eigenvalue weighted by molar-refractivity contribution is 14.1. The van der Waals surface area contributed by atoms with Gasteiger partial charge in [-0.1, -0.05) is 23.2 Å². The normalized spacial score (nSPS) is 11.1. The first-order chi connectivity index (χ1) is 8.56. The Labute approximate surface area is 128 Å². The number of halogens is 3. The van der Waals surface area contributed by atoms with Gasteiger partial charge in [0, 0.05) is 8.59 Å². The van der Waals surface area contributed by atoms with Crippen LogP contribution in [-0.4, -0.2) is 5.11 Å². The number of phenols is 1. The molecular weight excluding hydrogens is 386 g/mol. The fourth-order valence-electron chi connectivity index (χ4n) is 1.25. The average Bonchev–Trinajstić information content (AvgIpc) is 2.34. The maximum atomic E-state index is 9.70. The Balaban J connectivity index is 2.31. The van der Waals surface area contributed by atoms with Crippen molar-refractivity contribution in [2.75, 3.05) is 0 Å². The van der Waals surface area contributed by atoms with Crippen molar-refractivity contribution in [1.29, 1.82) is 0 Å². The SMILES string of the molecule is Oc1c(Cl)cc(Cl)cc1N=Nc1ccc(I)cc1. The molecule has 2 aromatic rings. The Morgan fingerprint density at radius 1 is 1.00 bits per heavy atom. The molecule has 0 atom stereocenters. The lowest BCUT2D eigenvalue weighted by Crippen LogP contribution is -1.72. The van der Waals surface area contributed by atoms with E-state index in [0.29, 0.717) is 10.7 Å². The summed E-state index contributed by atoms with van der Waals surface area (Å²) in [7, 11) is 0. The topological polar surface area (TPSA) is 45.0 Å². The fraction of sp³-hybridized carbons (Fsp3) is 0. The smallest absolute Gasteiger partial charge is 0.161 e. The third kappa shape index (κ3) is 3.34. The van der Waals surface area contributed by atoms with Crippen molar-refractivity contribution in [2.45, 2.75) is 0 Å². The van der Waals surface area contributed by atoms with Gasteiger partial charge in [-0.05, 0) is 59.0 Å². The first-order valence-corrected chi connectivity index (χ1v) is 6.75. The molecule has 0 unspecified atom stereocenters. The number of hydrogen-bond acceptors (Lipinski definition) is 3. The second-order valence-electron chi connectivity index (χ2n) is 3.43. The largest absolute Gasteiger partial charge is 0.504 e. The molecule has 2 rings (SSSR count). The molecule has 0 amide bonds. The van der Waals surface area contributed by atoms with Crippen LogP contribution < -0.4 is 0 Å². The van der Waals surface area contributed by atoms with E-state index in [1.165, 1.54) is 12.1 Å². The van der Waals surface area contributed by atoms with Gasteiger partial charge in [0.15, 0.2) is 5.75 Å². The Morgan fingerprint density at radius 3 is 2.33 bits per heavy atom. The van der Waals surface area contributed by atoms with Crippen molar-refractivity contribution in [1.82, 2.24) is 0 Å². The number of rotatable bonds is 2. The Hall–Kier alpha value is -0.850. The highest BCUT2D eigenvalue weighted by Crippen LogP contribution is 2.37. The van der Waals surface area contributed by atoms with Crippen LogP contribution in [0.1, 0.15) is 0 Å². The van der Waals surface area contributed by atoms with E-state index in [1.807, 2.05) is 24.3 Å². The van der Waals surface area contributed by atoms with Crippen LogP contribution in [0, 0.1) is 3.57 Å². The average molecular weight is 393 g/mol. The van der Waals surface area contributed by atoms with Crippen molar-refractivity contribution in [3.05, 3.63) is 50.0 Å². The fourth-order valence-corrected chi connectivity index (χ4v) is 2.09. The Bertz CT molecular complexity index is 600. The molecule has 0 saturated heterocycles. The lowest BCUT2D eigenvalue weighted by atomic mass is 10.3. The van der Waals surface area contributed by atoms with Gasteiger partial charge >= 0.3 is 0 Å². The van der Waals surface area contributed by atoms with Crippen LogP contribution in [0.2, 0.25) is 10.0 Å². The first kappa shape index (κ1) is 13.6. The Kier molecular flexibility index (Phi) is 4.42. The zero-order valence-corrected chi connectivity index (χ0v) is 12.6. The number of hydrogen-bond donors (Lipinski definition) is 1. The van der Waals surface area contributed by atoms with Gasteiger partial charge in [-0.3, -0.25) is 0 Å². The molecule has 0 fully saturated rings. The van der Waals surface area contributed by atoms with E-state index in [9.17, 15) is 5.11 Å². The molecule has 0 aromatic heterocycles. The summed E-state index contributed by atoms with van der Waals surface area (Å²) >= 11 is 13.8. The summed E-state index contributed by atoms with van der Waals surface area (Å²) in [4.78, 5) is 0. The molecular formula is C12H7Cl2IN2O. The summed E-state index contributed by atoms with van der Waals surface area (Å²) < 4.78 is 1.11. The summed E-state index contributed by atoms with van der Waals surface area (Å²) in [5.41, 5.74) is 0.928. The van der Waals surface area contributed by atoms with Gasteiger partial charge in [0.2, 0.25) is 0 Å². The van der Waals surface area contributed by atoms with Gasteiger partial charge in [0.25, 0.3) is 0 Å². The van der Waals surface area contributed by atoms with Crippen LogP contribution in [0.4, 0.5) is 11.4 Å². The number of benzene rings is 2. The monoisotopic (exact) mass is 392 g/mol. The number of aromatic hydroxyl groups is 1. The highest BCUT2D eigenvalue weighted by atomic mass is 127. The minimum Gasteiger partial charge on any atom is -0.504 e. The third-order valence-electron chi connectivity index (χ3n) is 2.11. The molecule has 6 heteroatoms. The molecule has 0 aliphatic heterocycles. The quantitative estimate of drug-likeness (QED) is 0.515. The number of nitrogens with zero attached hydrogens (tertiary/aromatic N) is 2. The summed E-state index contributed by atoms with van der Waals surface area (Å²) in [5, 5.41) is 18.2. The standard InChI is InChI=1S/C12H7Cl2IN2O/c13-7-5-10(14)12(18)11(6-7)17-16-9-3-1-8(15)2-4-9/h1-6,18H. The predicted molar refractivity (Wildman–Crippen MR) is 81.5 cm³/mol. The lowest BCUT2D eigenvalue weighted by Gasteiger charge is -2.01. The Morgan fingerprint density at radius 2 is 1.67 bits per heavy atom. The third-order valence-corrected chi connectivity index (χ3v) is 3.33. The van der Waals surface area contributed by atoms with E-state index in [4.69, 9.17) is 23.2 Å². The van der Waals surface area contributed by atoms with Crippen LogP contribution >= 0.6 is 45.8 Å². The molecule has 0 radical (unpaired) electrons. The van der Waals surface area contributed by atoms with E-state index < -0.39 is 0 Å². The predicted octanol–water partition coefficient (Wildman–Crippen LogP) is 5.72. The zero-order valence-electron chi connectivity index (χ0n) is 8.94. The summed E-state index contributed by atoms with van der Waals surface area (Å²) in [6, 6.07) is 10.4. The van der Waals surface area contributed by atoms with Crippen LogP contribution in [0.5, 0.6) is 5.75 Å². The first-order valence-electron chi connectivity index (χ1n) is 4.91. The van der Waals surface area contributed by atoms with Crippen molar-refractivity contribution in [2.24, 2.45) is 10.2 Å². The van der Waals surface area contributed by atoms with E-state index in [1.54, 1.807) is 0 Å². The van der Waals surface area contributed by atoms with Gasteiger partial charge in [0.1, 0.15) is 5.69 Å². The van der Waals surface area contributed by atoms with Crippen molar-refractivity contribution >= 4 is 57.2 Å². The molecule has 1 N–H and O–H groups in total. The van der Waals surface area contributed by atoms with E-state index >= 15 is 0 Å². The van der Waals surface area contributed by atoms with Gasteiger partial charge in [-0.25, -0.2) is 0 Å². The molecule has 0 saturated carbocycles. The van der Waals surface area contributed by atoms with Crippen LogP contribution in [0.15, 0.2) is 46.6 Å². The van der Waals surface area contributed by atoms with Crippen molar-refractivity contribution in [3.8, 4) is 5.75 Å². The maximum Gasteiger partial charge on any atom is 0.161 e. The van der Waals surface area contributed by atoms with Gasteiger partial charge < -0.3 is 5.11 Å². The van der Waals surface area contributed by atoms with E-state index in [2.05, 4.69) is 32.8 Å². The van der Waals surface area contributed by atoms with E-state index in [0.717, 1.165) is 3.57 Å². The second-order valence-corrected chi connectivity index (χ2v) is 5.52. The lowest BCUT2D eigenvalue weighted by molar-refractivity contribution is 0.476. The number of phenolic OH excluding ortho intramolecular Hbond substituents is 1. The molecule has 2 aromatic carbocycles. The summed E-state index contributed by atoms with van der Waals surface area (Å²) in [5.74, 6) is -0.129. The molecule has 0 aliphatic carbocycles. The van der Waals surface area contributed by atoms with Gasteiger partial charge in [0.05, 0.1) is 10.7 Å². The van der Waals surface area contributed by atoms with Gasteiger partial charge in [-0.2, -0.15) is 5.11 Å². The zero-order chi connectivity index (χ0) is 13.1. The summed E-state index contributed by atoms with van der Waals surface area (Å²) in [6.45, 7) is 0. The van der Waals surface area contributed by atoms with Crippen LogP contribution in [0.25, 0.3) is 0 Å². The minimum atomic E-state index is -0.129. The summed E-state index contributed by atoms with van der Waals surface area (Å²) in [6.07, 6.45) is 0. The molecule has 3 nitrogen and oxygen atoms in total.